The van der Waals surface area contributed by atoms with Crippen molar-refractivity contribution in [1.29, 1.82) is 0 Å². The molecular formula is C10H18F2IN5. The zero-order chi connectivity index (χ0) is 12.7. The van der Waals surface area contributed by atoms with Crippen molar-refractivity contribution in [1.82, 2.24) is 14.9 Å². The number of aromatic nitrogens is 2. The highest BCUT2D eigenvalue weighted by Crippen LogP contribution is 2.12. The molecule has 0 radical (unpaired) electrons. The van der Waals surface area contributed by atoms with E-state index in [1.54, 1.807) is 0 Å². The van der Waals surface area contributed by atoms with Gasteiger partial charge in [0.25, 0.3) is 0 Å². The molecule has 1 aromatic heterocycles. The number of nitrogens with one attached hydrogen (secondary N) is 1. The van der Waals surface area contributed by atoms with Gasteiger partial charge < -0.3 is 11.1 Å². The first-order valence-corrected chi connectivity index (χ1v) is 5.48. The topological polar surface area (TPSA) is 68.2 Å². The molecule has 3 N–H and O–H groups in total. The van der Waals surface area contributed by atoms with Gasteiger partial charge in [-0.05, 0) is 6.42 Å². The molecule has 1 heterocycles. The largest absolute Gasteiger partial charge is 0.370 e. The van der Waals surface area contributed by atoms with Crippen LogP contribution in [-0.4, -0.2) is 22.1 Å². The quantitative estimate of drug-likeness (QED) is 0.347. The highest BCUT2D eigenvalue weighted by molar-refractivity contribution is 14.0. The minimum Gasteiger partial charge on any atom is -0.370 e. The van der Waals surface area contributed by atoms with E-state index in [9.17, 15) is 8.78 Å². The molecule has 0 spiro atoms. The highest BCUT2D eigenvalue weighted by Gasteiger charge is 2.10. The fourth-order valence-electron chi connectivity index (χ4n) is 1.25. The standard InChI is InChI=1S/C10H17F2N5.HI/c1-2-3-4-15-10(13)16-7-8-14-5-6-17(8)9(11)12;/h5-6,9H,2-4,7H2,1H3,(H3,13,15,16);1H. The average molecular weight is 373 g/mol. The van der Waals surface area contributed by atoms with Gasteiger partial charge in [-0.15, -0.1) is 24.0 Å². The first-order valence-electron chi connectivity index (χ1n) is 5.48. The van der Waals surface area contributed by atoms with E-state index >= 15 is 0 Å². The van der Waals surface area contributed by atoms with Gasteiger partial charge in [-0.1, -0.05) is 13.3 Å². The first-order chi connectivity index (χ1) is 8.15. The van der Waals surface area contributed by atoms with Crippen molar-refractivity contribution >= 4 is 29.9 Å². The number of nitrogens with two attached hydrogens (primary N) is 1. The number of halogens is 3. The molecule has 1 rings (SSSR count). The van der Waals surface area contributed by atoms with Gasteiger partial charge in [-0.2, -0.15) is 8.78 Å². The van der Waals surface area contributed by atoms with Crippen LogP contribution in [0.25, 0.3) is 0 Å². The second-order valence-electron chi connectivity index (χ2n) is 3.51. The molecule has 0 aromatic carbocycles. The Morgan fingerprint density at radius 3 is 2.94 bits per heavy atom. The van der Waals surface area contributed by atoms with Crippen molar-refractivity contribution in [3.63, 3.8) is 0 Å². The first kappa shape index (κ1) is 17.1. The van der Waals surface area contributed by atoms with Crippen LogP contribution in [-0.2, 0) is 6.54 Å². The number of hydrogen-bond acceptors (Lipinski definition) is 2. The lowest BCUT2D eigenvalue weighted by Gasteiger charge is -2.06. The van der Waals surface area contributed by atoms with E-state index in [1.165, 1.54) is 12.4 Å². The van der Waals surface area contributed by atoms with Gasteiger partial charge in [0, 0.05) is 18.9 Å². The minimum atomic E-state index is -2.60. The van der Waals surface area contributed by atoms with Crippen molar-refractivity contribution in [2.75, 3.05) is 6.54 Å². The predicted molar refractivity (Wildman–Crippen MR) is 77.1 cm³/mol. The Labute approximate surface area is 122 Å². The van der Waals surface area contributed by atoms with E-state index in [2.05, 4.69) is 22.2 Å². The molecule has 0 aliphatic rings. The third-order valence-electron chi connectivity index (χ3n) is 2.19. The van der Waals surface area contributed by atoms with Crippen LogP contribution < -0.4 is 11.1 Å². The maximum atomic E-state index is 12.5. The number of guanidine groups is 1. The lowest BCUT2D eigenvalue weighted by atomic mass is 10.3. The Morgan fingerprint density at radius 2 is 2.33 bits per heavy atom. The third-order valence-corrected chi connectivity index (χ3v) is 2.19. The maximum Gasteiger partial charge on any atom is 0.319 e. The maximum absolute atomic E-state index is 12.5. The summed E-state index contributed by atoms with van der Waals surface area (Å²) in [4.78, 5) is 7.75. The van der Waals surface area contributed by atoms with Crippen molar-refractivity contribution in [3.8, 4) is 0 Å². The SMILES string of the molecule is CCCCNC(N)=NCc1nccn1C(F)F.I. The summed E-state index contributed by atoms with van der Waals surface area (Å²) in [7, 11) is 0. The second kappa shape index (κ2) is 9.06. The van der Waals surface area contributed by atoms with Crippen LogP contribution in [0, 0.1) is 0 Å². The monoisotopic (exact) mass is 373 g/mol. The molecular weight excluding hydrogens is 355 g/mol. The highest BCUT2D eigenvalue weighted by atomic mass is 127. The second-order valence-corrected chi connectivity index (χ2v) is 3.51. The molecule has 1 aromatic rings. The molecule has 8 heteroatoms. The number of unbranched alkanes of at least 4 members (excludes halogenated alkanes) is 1. The fraction of sp³-hybridized carbons (Fsp3) is 0.600. The molecule has 18 heavy (non-hydrogen) atoms. The van der Waals surface area contributed by atoms with Crippen molar-refractivity contribution < 1.29 is 8.78 Å². The smallest absolute Gasteiger partial charge is 0.319 e. The summed E-state index contributed by atoms with van der Waals surface area (Å²) < 4.78 is 25.7. The number of nitrogens with zero attached hydrogens (tertiary/aromatic N) is 3. The number of alkyl halides is 2. The Balaban J connectivity index is 0.00000289. The molecule has 0 amide bonds. The fourth-order valence-corrected chi connectivity index (χ4v) is 1.25. The lowest BCUT2D eigenvalue weighted by Crippen LogP contribution is -2.32. The van der Waals surface area contributed by atoms with Gasteiger partial charge in [0.1, 0.15) is 12.4 Å². The number of rotatable bonds is 6. The zero-order valence-electron chi connectivity index (χ0n) is 10.1. The normalized spacial score (nSPS) is 11.4. The molecule has 0 atom stereocenters. The average Bonchev–Trinajstić information content (AvgIpc) is 2.75. The summed E-state index contributed by atoms with van der Waals surface area (Å²) in [5.41, 5.74) is 5.57. The van der Waals surface area contributed by atoms with Crippen LogP contribution in [0.2, 0.25) is 0 Å². The summed E-state index contributed by atoms with van der Waals surface area (Å²) in [6.45, 7) is 0.239. The molecule has 0 unspecified atom stereocenters. The van der Waals surface area contributed by atoms with Crippen LogP contribution in [0.5, 0.6) is 0 Å². The van der Waals surface area contributed by atoms with Crippen molar-refractivity contribution in [2.45, 2.75) is 32.9 Å². The van der Waals surface area contributed by atoms with E-state index in [-0.39, 0.29) is 42.3 Å². The Bertz CT molecular complexity index is 367. The van der Waals surface area contributed by atoms with Crippen molar-refractivity contribution in [3.05, 3.63) is 18.2 Å². The van der Waals surface area contributed by atoms with Crippen LogP contribution in [0.4, 0.5) is 8.78 Å². The molecule has 5 nitrogen and oxygen atoms in total. The molecule has 0 saturated carbocycles. The Morgan fingerprint density at radius 1 is 1.61 bits per heavy atom. The molecule has 0 fully saturated rings. The van der Waals surface area contributed by atoms with Crippen LogP contribution in [0.3, 0.4) is 0 Å². The Hall–Kier alpha value is -0.930. The van der Waals surface area contributed by atoms with E-state index < -0.39 is 6.55 Å². The van der Waals surface area contributed by atoms with Crippen LogP contribution in [0.15, 0.2) is 17.4 Å². The molecule has 0 aliphatic heterocycles. The zero-order valence-corrected chi connectivity index (χ0v) is 12.5. The molecule has 104 valence electrons. The number of imidazole rings is 1. The minimum absolute atomic E-state index is 0. The summed E-state index contributed by atoms with van der Waals surface area (Å²) in [5, 5.41) is 2.90. The molecule has 0 saturated heterocycles. The number of hydrogen-bond donors (Lipinski definition) is 2. The summed E-state index contributed by atoms with van der Waals surface area (Å²) in [6.07, 6.45) is 4.58. The summed E-state index contributed by atoms with van der Waals surface area (Å²) in [5.74, 6) is 0.447. The van der Waals surface area contributed by atoms with Gasteiger partial charge >= 0.3 is 6.55 Å². The lowest BCUT2D eigenvalue weighted by molar-refractivity contribution is 0.0671. The van der Waals surface area contributed by atoms with Gasteiger partial charge in [0.15, 0.2) is 5.96 Å². The predicted octanol–water partition coefficient (Wildman–Crippen LogP) is 2.10. The number of aliphatic imine (C=N–C) groups is 1. The van der Waals surface area contributed by atoms with Crippen LogP contribution in [0.1, 0.15) is 32.1 Å². The van der Waals surface area contributed by atoms with E-state index in [0.717, 1.165) is 24.0 Å². The molecule has 0 aliphatic carbocycles. The Kier molecular flexibility index (Phi) is 8.59. The van der Waals surface area contributed by atoms with Gasteiger partial charge in [0.2, 0.25) is 0 Å². The van der Waals surface area contributed by atoms with E-state index in [0.29, 0.717) is 0 Å². The van der Waals surface area contributed by atoms with E-state index in [4.69, 9.17) is 5.73 Å². The van der Waals surface area contributed by atoms with Crippen molar-refractivity contribution in [2.24, 2.45) is 10.7 Å². The van der Waals surface area contributed by atoms with Gasteiger partial charge in [0.05, 0.1) is 0 Å². The van der Waals surface area contributed by atoms with Gasteiger partial charge in [-0.25, -0.2) is 9.98 Å². The summed E-state index contributed by atoms with van der Waals surface area (Å²) in [6, 6.07) is 0. The van der Waals surface area contributed by atoms with Gasteiger partial charge in [-0.3, -0.25) is 4.57 Å². The van der Waals surface area contributed by atoms with E-state index in [1.807, 2.05) is 0 Å². The van der Waals surface area contributed by atoms with Crippen LogP contribution >= 0.6 is 24.0 Å². The summed E-state index contributed by atoms with van der Waals surface area (Å²) >= 11 is 0. The third kappa shape index (κ3) is 5.61. The molecule has 0 bridgehead atoms.